The zero-order valence-corrected chi connectivity index (χ0v) is 16.8. The highest BCUT2D eigenvalue weighted by molar-refractivity contribution is 6.08. The molecule has 0 bridgehead atoms. The van der Waals surface area contributed by atoms with E-state index in [2.05, 4.69) is 5.32 Å². The molecular weight excluding hydrogens is 397 g/mol. The first-order valence-corrected chi connectivity index (χ1v) is 10.5. The molecular formula is C22H27F3N2O3. The zero-order chi connectivity index (χ0) is 21.4. The third-order valence-electron chi connectivity index (χ3n) is 6.19. The van der Waals surface area contributed by atoms with Gasteiger partial charge in [-0.2, -0.15) is 13.2 Å². The predicted octanol–water partition coefficient (Wildman–Crippen LogP) is 4.12. The van der Waals surface area contributed by atoms with Gasteiger partial charge in [0.05, 0.1) is 30.9 Å². The van der Waals surface area contributed by atoms with Gasteiger partial charge in [-0.3, -0.25) is 4.79 Å². The maximum absolute atomic E-state index is 13.7. The van der Waals surface area contributed by atoms with Crippen molar-refractivity contribution in [3.63, 3.8) is 0 Å². The number of carbonyl (C=O) groups excluding carboxylic acids is 1. The van der Waals surface area contributed by atoms with Gasteiger partial charge in [-0.25, -0.2) is 0 Å². The normalized spacial score (nSPS) is 20.0. The average molecular weight is 424 g/mol. The number of fused-ring (bicyclic) bond motifs is 1. The third-order valence-corrected chi connectivity index (χ3v) is 6.19. The quantitative estimate of drug-likeness (QED) is 0.710. The minimum absolute atomic E-state index is 0.00427. The molecule has 2 aromatic rings. The summed E-state index contributed by atoms with van der Waals surface area (Å²) in [5, 5.41) is 13.2. The van der Waals surface area contributed by atoms with Crippen molar-refractivity contribution in [3.05, 3.63) is 35.5 Å². The van der Waals surface area contributed by atoms with Gasteiger partial charge < -0.3 is 19.7 Å². The molecule has 1 aliphatic heterocycles. The lowest BCUT2D eigenvalue weighted by atomic mass is 10.00. The van der Waals surface area contributed by atoms with Crippen molar-refractivity contribution in [1.82, 2.24) is 9.88 Å². The van der Waals surface area contributed by atoms with Gasteiger partial charge in [0.15, 0.2) is 0 Å². The van der Waals surface area contributed by atoms with Gasteiger partial charge >= 0.3 is 6.18 Å². The molecule has 1 amide bonds. The highest BCUT2D eigenvalue weighted by Gasteiger charge is 2.39. The average Bonchev–Trinajstić information content (AvgIpc) is 2.85. The van der Waals surface area contributed by atoms with Crippen molar-refractivity contribution in [3.8, 4) is 0 Å². The zero-order valence-electron chi connectivity index (χ0n) is 16.8. The van der Waals surface area contributed by atoms with Crippen molar-refractivity contribution < 1.29 is 27.8 Å². The molecule has 2 aliphatic rings. The summed E-state index contributed by atoms with van der Waals surface area (Å²) in [4.78, 5) is 12.9. The van der Waals surface area contributed by atoms with E-state index >= 15 is 0 Å². The van der Waals surface area contributed by atoms with E-state index in [0.717, 1.165) is 31.7 Å². The van der Waals surface area contributed by atoms with Gasteiger partial charge in [-0.05, 0) is 30.9 Å². The van der Waals surface area contributed by atoms with E-state index in [4.69, 9.17) is 4.74 Å². The highest BCUT2D eigenvalue weighted by atomic mass is 19.4. The first-order valence-electron chi connectivity index (χ1n) is 10.5. The fraction of sp³-hybridized carbons (Fsp3) is 0.591. The van der Waals surface area contributed by atoms with E-state index in [9.17, 15) is 23.1 Å². The van der Waals surface area contributed by atoms with Crippen LogP contribution in [0.5, 0.6) is 0 Å². The summed E-state index contributed by atoms with van der Waals surface area (Å²) >= 11 is 0. The fourth-order valence-corrected chi connectivity index (χ4v) is 4.54. The van der Waals surface area contributed by atoms with E-state index < -0.39 is 23.2 Å². The molecule has 5 nitrogen and oxygen atoms in total. The number of amides is 1. The monoisotopic (exact) mass is 424 g/mol. The Bertz CT molecular complexity index is 910. The second-order valence-corrected chi connectivity index (χ2v) is 8.65. The number of nitrogens with one attached hydrogen (secondary N) is 1. The van der Waals surface area contributed by atoms with Crippen LogP contribution < -0.4 is 5.32 Å². The second-order valence-electron chi connectivity index (χ2n) is 8.65. The van der Waals surface area contributed by atoms with E-state index in [1.54, 1.807) is 6.07 Å². The molecule has 1 saturated carbocycles. The number of aromatic nitrogens is 1. The SMILES string of the molecule is O=C(NCC1CCCCCC1)c1cn(CC2(O)COC2)c2cccc(C(F)(F)F)c12. The molecule has 1 aromatic carbocycles. The molecule has 30 heavy (non-hydrogen) atoms. The van der Waals surface area contributed by atoms with Gasteiger partial charge in [0.2, 0.25) is 0 Å². The molecule has 4 rings (SSSR count). The number of rotatable bonds is 5. The molecule has 0 atom stereocenters. The minimum Gasteiger partial charge on any atom is -0.383 e. The third kappa shape index (κ3) is 4.34. The first kappa shape index (κ1) is 21.2. The number of ether oxygens (including phenoxy) is 1. The van der Waals surface area contributed by atoms with Crippen molar-refractivity contribution in [2.45, 2.75) is 56.8 Å². The standard InChI is InChI=1S/C22H27F3N2O3/c23-22(24,25)17-8-5-9-18-19(17)16(11-27(18)12-21(29)13-30-14-21)20(28)26-10-15-6-3-1-2-4-7-15/h5,8-9,11,15,29H,1-4,6-7,10,12-14H2,(H,26,28). The summed E-state index contributed by atoms with van der Waals surface area (Å²) < 4.78 is 47.7. The summed E-state index contributed by atoms with van der Waals surface area (Å²) in [7, 11) is 0. The van der Waals surface area contributed by atoms with Gasteiger partial charge in [0.1, 0.15) is 5.60 Å². The van der Waals surface area contributed by atoms with Gasteiger partial charge in [0, 0.05) is 23.6 Å². The van der Waals surface area contributed by atoms with Crippen LogP contribution in [0.15, 0.2) is 24.4 Å². The number of aliphatic hydroxyl groups is 1. The molecule has 0 radical (unpaired) electrons. The molecule has 0 spiro atoms. The molecule has 8 heteroatoms. The summed E-state index contributed by atoms with van der Waals surface area (Å²) in [6.45, 7) is 0.780. The summed E-state index contributed by atoms with van der Waals surface area (Å²) in [5.41, 5.74) is -1.69. The lowest BCUT2D eigenvalue weighted by molar-refractivity contribution is -0.184. The van der Waals surface area contributed by atoms with E-state index in [1.165, 1.54) is 29.7 Å². The molecule has 2 heterocycles. The Labute approximate surface area is 173 Å². The Morgan fingerprint density at radius 3 is 2.50 bits per heavy atom. The van der Waals surface area contributed by atoms with Crippen molar-refractivity contribution in [2.24, 2.45) is 5.92 Å². The van der Waals surface area contributed by atoms with Crippen LogP contribution in [0.2, 0.25) is 0 Å². The number of benzene rings is 1. The molecule has 0 unspecified atom stereocenters. The van der Waals surface area contributed by atoms with Crippen molar-refractivity contribution in [2.75, 3.05) is 19.8 Å². The highest BCUT2D eigenvalue weighted by Crippen LogP contribution is 2.38. The van der Waals surface area contributed by atoms with Crippen LogP contribution in [0.4, 0.5) is 13.2 Å². The molecule has 2 N–H and O–H groups in total. The Morgan fingerprint density at radius 2 is 1.90 bits per heavy atom. The van der Waals surface area contributed by atoms with Crippen LogP contribution in [0, 0.1) is 5.92 Å². The maximum atomic E-state index is 13.7. The summed E-state index contributed by atoms with van der Waals surface area (Å²) in [6, 6.07) is 3.88. The number of carbonyl (C=O) groups is 1. The van der Waals surface area contributed by atoms with Crippen LogP contribution in [0.25, 0.3) is 10.9 Å². The molecule has 164 valence electrons. The minimum atomic E-state index is -4.58. The van der Waals surface area contributed by atoms with E-state index in [1.807, 2.05) is 0 Å². The van der Waals surface area contributed by atoms with Gasteiger partial charge in [0.25, 0.3) is 5.91 Å². The van der Waals surface area contributed by atoms with Crippen LogP contribution in [0.1, 0.15) is 54.4 Å². The lowest BCUT2D eigenvalue weighted by Gasteiger charge is -2.36. The Morgan fingerprint density at radius 1 is 1.20 bits per heavy atom. The van der Waals surface area contributed by atoms with Crippen LogP contribution in [0.3, 0.4) is 0 Å². The predicted molar refractivity (Wildman–Crippen MR) is 106 cm³/mol. The van der Waals surface area contributed by atoms with Gasteiger partial charge in [-0.15, -0.1) is 0 Å². The number of alkyl halides is 3. The van der Waals surface area contributed by atoms with Crippen molar-refractivity contribution >= 4 is 16.8 Å². The second kappa shape index (κ2) is 8.23. The molecule has 1 aliphatic carbocycles. The Kier molecular flexibility index (Phi) is 5.81. The van der Waals surface area contributed by atoms with Crippen LogP contribution in [-0.4, -0.2) is 40.9 Å². The topological polar surface area (TPSA) is 63.5 Å². The molecule has 1 saturated heterocycles. The molecule has 2 fully saturated rings. The number of hydrogen-bond acceptors (Lipinski definition) is 3. The van der Waals surface area contributed by atoms with E-state index in [0.29, 0.717) is 12.5 Å². The lowest BCUT2D eigenvalue weighted by Crippen LogP contribution is -2.52. The van der Waals surface area contributed by atoms with Crippen LogP contribution in [-0.2, 0) is 17.5 Å². The Balaban J connectivity index is 1.65. The fourth-order valence-electron chi connectivity index (χ4n) is 4.54. The summed E-state index contributed by atoms with van der Waals surface area (Å²) in [6.07, 6.45) is 3.54. The van der Waals surface area contributed by atoms with Crippen LogP contribution >= 0.6 is 0 Å². The largest absolute Gasteiger partial charge is 0.417 e. The number of hydrogen-bond donors (Lipinski definition) is 2. The summed E-state index contributed by atoms with van der Waals surface area (Å²) in [5.74, 6) is -0.142. The number of nitrogens with zero attached hydrogens (tertiary/aromatic N) is 1. The van der Waals surface area contributed by atoms with Gasteiger partial charge in [-0.1, -0.05) is 31.7 Å². The van der Waals surface area contributed by atoms with Crippen molar-refractivity contribution in [1.29, 1.82) is 0 Å². The van der Waals surface area contributed by atoms with E-state index in [-0.39, 0.29) is 36.2 Å². The smallest absolute Gasteiger partial charge is 0.383 e. The Hall–Kier alpha value is -2.06. The number of halogens is 3. The first-order chi connectivity index (χ1) is 14.3. The maximum Gasteiger partial charge on any atom is 0.417 e. The molecule has 1 aromatic heterocycles.